The smallest absolute Gasteiger partial charge is 0.318 e. The van der Waals surface area contributed by atoms with Crippen molar-refractivity contribution in [3.63, 3.8) is 0 Å². The lowest BCUT2D eigenvalue weighted by atomic mass is 10.2. The number of urea groups is 1. The molecule has 0 aliphatic carbocycles. The molecule has 1 unspecified atom stereocenters. The average molecular weight is 230 g/mol. The highest BCUT2D eigenvalue weighted by atomic mass is 16.2. The molecule has 0 aromatic heterocycles. The molecule has 0 aromatic rings. The van der Waals surface area contributed by atoms with Gasteiger partial charge in [-0.25, -0.2) is 4.79 Å². The van der Waals surface area contributed by atoms with E-state index in [1.165, 1.54) is 0 Å². The molecule has 0 aliphatic heterocycles. The number of nitrogens with one attached hydrogen (secondary N) is 2. The van der Waals surface area contributed by atoms with Gasteiger partial charge in [0.2, 0.25) is 5.91 Å². The van der Waals surface area contributed by atoms with Gasteiger partial charge in [0.25, 0.3) is 0 Å². The van der Waals surface area contributed by atoms with E-state index in [0.29, 0.717) is 12.6 Å². The third-order valence-electron chi connectivity index (χ3n) is 2.53. The number of primary amides is 1. The minimum Gasteiger partial charge on any atom is -0.351 e. The largest absolute Gasteiger partial charge is 0.351 e. The summed E-state index contributed by atoms with van der Waals surface area (Å²) in [6, 6.07) is -0.287. The van der Waals surface area contributed by atoms with Gasteiger partial charge in [-0.05, 0) is 20.4 Å². The first-order chi connectivity index (χ1) is 7.47. The molecule has 0 rings (SSSR count). The molecule has 0 aromatic carbocycles. The van der Waals surface area contributed by atoms with Crippen molar-refractivity contribution < 1.29 is 9.59 Å². The molecule has 4 N–H and O–H groups in total. The van der Waals surface area contributed by atoms with E-state index in [9.17, 15) is 9.59 Å². The van der Waals surface area contributed by atoms with E-state index in [-0.39, 0.29) is 6.54 Å². The topological polar surface area (TPSA) is 87.5 Å². The lowest BCUT2D eigenvalue weighted by molar-refractivity contribution is -0.119. The van der Waals surface area contributed by atoms with Crippen LogP contribution in [0.1, 0.15) is 20.3 Å². The zero-order chi connectivity index (χ0) is 12.6. The molecular weight excluding hydrogens is 208 g/mol. The van der Waals surface area contributed by atoms with Crippen molar-refractivity contribution in [2.75, 3.05) is 26.7 Å². The molecule has 0 aliphatic rings. The maximum Gasteiger partial charge on any atom is 0.318 e. The predicted molar refractivity (Wildman–Crippen MR) is 63.0 cm³/mol. The number of rotatable bonds is 7. The number of imide groups is 1. The number of nitrogens with zero attached hydrogens (tertiary/aromatic N) is 1. The van der Waals surface area contributed by atoms with Crippen molar-refractivity contribution in [3.8, 4) is 0 Å². The van der Waals surface area contributed by atoms with Crippen LogP contribution in [-0.4, -0.2) is 49.6 Å². The van der Waals surface area contributed by atoms with Gasteiger partial charge in [0.15, 0.2) is 0 Å². The third kappa shape index (κ3) is 7.19. The van der Waals surface area contributed by atoms with Crippen molar-refractivity contribution in [3.05, 3.63) is 0 Å². The van der Waals surface area contributed by atoms with Gasteiger partial charge in [0.05, 0.1) is 6.54 Å². The Kier molecular flexibility index (Phi) is 7.49. The lowest BCUT2D eigenvalue weighted by Gasteiger charge is -2.23. The average Bonchev–Trinajstić information content (AvgIpc) is 2.21. The van der Waals surface area contributed by atoms with Crippen LogP contribution in [0.5, 0.6) is 0 Å². The van der Waals surface area contributed by atoms with Crippen LogP contribution in [0.4, 0.5) is 4.79 Å². The van der Waals surface area contributed by atoms with E-state index in [4.69, 9.17) is 5.73 Å². The van der Waals surface area contributed by atoms with Gasteiger partial charge in [-0.3, -0.25) is 10.1 Å². The lowest BCUT2D eigenvalue weighted by Crippen LogP contribution is -2.42. The summed E-state index contributed by atoms with van der Waals surface area (Å²) in [6.07, 6.45) is 1.10. The monoisotopic (exact) mass is 230 g/mol. The Morgan fingerprint density at radius 1 is 1.44 bits per heavy atom. The first-order valence-corrected chi connectivity index (χ1v) is 5.47. The maximum absolute atomic E-state index is 11.0. The molecule has 0 saturated carbocycles. The number of hydrogen-bond donors (Lipinski definition) is 3. The standard InChI is InChI=1S/C10H22N4O2/c1-4-8(2)14(3)6-5-12-7-9(15)13-10(11)16/h8,12H,4-7H2,1-3H3,(H3,11,13,15,16). The molecular formula is C10H22N4O2. The number of hydrogen-bond acceptors (Lipinski definition) is 4. The molecule has 0 saturated heterocycles. The van der Waals surface area contributed by atoms with Crippen LogP contribution < -0.4 is 16.4 Å². The molecule has 3 amide bonds. The molecule has 0 radical (unpaired) electrons. The minimum atomic E-state index is -0.816. The van der Waals surface area contributed by atoms with E-state index in [2.05, 4.69) is 24.1 Å². The SMILES string of the molecule is CCC(C)N(C)CCNCC(=O)NC(N)=O. The van der Waals surface area contributed by atoms with E-state index in [1.807, 2.05) is 12.4 Å². The van der Waals surface area contributed by atoms with Crippen molar-refractivity contribution in [2.24, 2.45) is 5.73 Å². The fourth-order valence-corrected chi connectivity index (χ4v) is 1.17. The van der Waals surface area contributed by atoms with Gasteiger partial charge in [0, 0.05) is 19.1 Å². The van der Waals surface area contributed by atoms with Crippen LogP contribution in [0.2, 0.25) is 0 Å². The maximum atomic E-state index is 11.0. The van der Waals surface area contributed by atoms with Gasteiger partial charge >= 0.3 is 6.03 Å². The number of likely N-dealkylation sites (N-methyl/N-ethyl adjacent to an activating group) is 1. The van der Waals surface area contributed by atoms with Gasteiger partial charge in [-0.15, -0.1) is 0 Å². The van der Waals surface area contributed by atoms with E-state index in [1.54, 1.807) is 0 Å². The van der Waals surface area contributed by atoms with E-state index >= 15 is 0 Å². The fraction of sp³-hybridized carbons (Fsp3) is 0.800. The van der Waals surface area contributed by atoms with Gasteiger partial charge < -0.3 is 16.0 Å². The summed E-state index contributed by atoms with van der Waals surface area (Å²) in [6.45, 7) is 5.96. The summed E-state index contributed by atoms with van der Waals surface area (Å²) in [7, 11) is 2.04. The quantitative estimate of drug-likeness (QED) is 0.515. The van der Waals surface area contributed by atoms with Crippen LogP contribution in [0.25, 0.3) is 0 Å². The second-order valence-corrected chi connectivity index (χ2v) is 3.83. The van der Waals surface area contributed by atoms with Crippen LogP contribution >= 0.6 is 0 Å². The van der Waals surface area contributed by atoms with Crippen LogP contribution in [0.15, 0.2) is 0 Å². The summed E-state index contributed by atoms with van der Waals surface area (Å²) < 4.78 is 0. The van der Waals surface area contributed by atoms with Gasteiger partial charge in [-0.2, -0.15) is 0 Å². The number of amides is 3. The van der Waals surface area contributed by atoms with Crippen molar-refractivity contribution in [1.29, 1.82) is 0 Å². The molecule has 1 atom stereocenters. The highest BCUT2D eigenvalue weighted by Crippen LogP contribution is 1.97. The predicted octanol–water partition coefficient (Wildman–Crippen LogP) is -0.499. The van der Waals surface area contributed by atoms with E-state index in [0.717, 1.165) is 13.0 Å². The molecule has 94 valence electrons. The Hall–Kier alpha value is -1.14. The minimum absolute atomic E-state index is 0.108. The zero-order valence-electron chi connectivity index (χ0n) is 10.2. The van der Waals surface area contributed by atoms with E-state index < -0.39 is 11.9 Å². The van der Waals surface area contributed by atoms with Crippen LogP contribution in [0.3, 0.4) is 0 Å². The third-order valence-corrected chi connectivity index (χ3v) is 2.53. The summed E-state index contributed by atoms with van der Waals surface area (Å²) in [4.78, 5) is 23.5. The molecule has 0 bridgehead atoms. The first kappa shape index (κ1) is 14.9. The molecule has 6 heteroatoms. The molecule has 6 nitrogen and oxygen atoms in total. The normalized spacial score (nSPS) is 12.5. The van der Waals surface area contributed by atoms with Crippen molar-refractivity contribution >= 4 is 11.9 Å². The highest BCUT2D eigenvalue weighted by Gasteiger charge is 2.06. The fourth-order valence-electron chi connectivity index (χ4n) is 1.17. The second kappa shape index (κ2) is 8.06. The second-order valence-electron chi connectivity index (χ2n) is 3.83. The van der Waals surface area contributed by atoms with Crippen LogP contribution in [-0.2, 0) is 4.79 Å². The summed E-state index contributed by atoms with van der Waals surface area (Å²) in [5, 5.41) is 4.93. The Balaban J connectivity index is 3.53. The number of nitrogens with two attached hydrogens (primary N) is 1. The Morgan fingerprint density at radius 3 is 2.56 bits per heavy atom. The Bertz CT molecular complexity index is 233. The molecule has 0 heterocycles. The summed E-state index contributed by atoms with van der Waals surface area (Å²) >= 11 is 0. The van der Waals surface area contributed by atoms with Gasteiger partial charge in [0.1, 0.15) is 0 Å². The molecule has 0 fully saturated rings. The molecule has 16 heavy (non-hydrogen) atoms. The Labute approximate surface area is 96.5 Å². The Morgan fingerprint density at radius 2 is 2.06 bits per heavy atom. The summed E-state index contributed by atoms with van der Waals surface area (Å²) in [5.41, 5.74) is 4.80. The highest BCUT2D eigenvalue weighted by molar-refractivity contribution is 5.94. The summed E-state index contributed by atoms with van der Waals surface area (Å²) in [5.74, 6) is -0.404. The number of carbonyl (C=O) groups excluding carboxylic acids is 2. The number of carbonyl (C=O) groups is 2. The first-order valence-electron chi connectivity index (χ1n) is 5.47. The van der Waals surface area contributed by atoms with Gasteiger partial charge in [-0.1, -0.05) is 6.92 Å². The zero-order valence-corrected chi connectivity index (χ0v) is 10.2. The van der Waals surface area contributed by atoms with Crippen molar-refractivity contribution in [1.82, 2.24) is 15.5 Å². The molecule has 0 spiro atoms. The van der Waals surface area contributed by atoms with Crippen molar-refractivity contribution in [2.45, 2.75) is 26.3 Å². The van der Waals surface area contributed by atoms with Crippen LogP contribution in [0, 0.1) is 0 Å².